The number of rotatable bonds is 7. The van der Waals surface area contributed by atoms with Gasteiger partial charge in [-0.25, -0.2) is 23.4 Å². The van der Waals surface area contributed by atoms with Crippen molar-refractivity contribution < 1.29 is 8.42 Å². The van der Waals surface area contributed by atoms with Crippen LogP contribution in [0.1, 0.15) is 50.3 Å². The van der Waals surface area contributed by atoms with Crippen LogP contribution in [0.15, 0.2) is 59.6 Å². The molecule has 37 heavy (non-hydrogen) atoms. The van der Waals surface area contributed by atoms with Crippen molar-refractivity contribution in [2.75, 3.05) is 10.0 Å². The number of fused-ring (bicyclic) bond motifs is 1. The van der Waals surface area contributed by atoms with Crippen molar-refractivity contribution in [2.24, 2.45) is 0 Å². The van der Waals surface area contributed by atoms with E-state index in [4.69, 9.17) is 16.6 Å². The fourth-order valence-corrected chi connectivity index (χ4v) is 6.44. The van der Waals surface area contributed by atoms with Gasteiger partial charge in [0.05, 0.1) is 10.5 Å². The lowest BCUT2D eigenvalue weighted by molar-refractivity contribution is 0.461. The van der Waals surface area contributed by atoms with E-state index in [0.29, 0.717) is 17.7 Å². The quantitative estimate of drug-likeness (QED) is 0.271. The molecule has 0 amide bonds. The number of aromatic nitrogens is 3. The number of aryl methyl sites for hydroxylation is 2. The molecule has 4 aromatic rings. The first-order valence-corrected chi connectivity index (χ1v) is 14.5. The minimum absolute atomic E-state index is 0.0136. The molecular weight excluding hydrogens is 506 g/mol. The van der Waals surface area contributed by atoms with Gasteiger partial charge in [0.25, 0.3) is 10.0 Å². The molecule has 0 aliphatic heterocycles. The van der Waals surface area contributed by atoms with Gasteiger partial charge in [-0.15, -0.1) is 0 Å². The van der Waals surface area contributed by atoms with Crippen LogP contribution in [0.5, 0.6) is 0 Å². The Morgan fingerprint density at radius 1 is 1.03 bits per heavy atom. The Bertz CT molecular complexity index is 1550. The Morgan fingerprint density at radius 3 is 2.54 bits per heavy atom. The minimum Gasteiger partial charge on any atom is -0.351 e. The highest BCUT2D eigenvalue weighted by Crippen LogP contribution is 2.31. The monoisotopic (exact) mass is 535 g/mol. The Balaban J connectivity index is 1.43. The molecule has 1 saturated carbocycles. The van der Waals surface area contributed by atoms with Crippen molar-refractivity contribution in [3.8, 4) is 11.1 Å². The summed E-state index contributed by atoms with van der Waals surface area (Å²) in [6, 6.07) is 14.5. The number of benzene rings is 2. The lowest BCUT2D eigenvalue weighted by Crippen LogP contribution is -2.23. The van der Waals surface area contributed by atoms with Crippen LogP contribution in [0.25, 0.3) is 22.0 Å². The van der Waals surface area contributed by atoms with Crippen LogP contribution in [0.3, 0.4) is 0 Å². The SMILES string of the molecule is CCc1cc(-c2ccc(NS(=O)(=O)c3ccccc3Cl)nc2C)cc2cnc(NC3CCCCC3)nc12. The zero-order valence-electron chi connectivity index (χ0n) is 21.0. The summed E-state index contributed by atoms with van der Waals surface area (Å²) in [5.74, 6) is 0.925. The number of hydrogen-bond donors (Lipinski definition) is 2. The highest BCUT2D eigenvalue weighted by Gasteiger charge is 2.19. The van der Waals surface area contributed by atoms with Crippen LogP contribution in [0.4, 0.5) is 11.8 Å². The van der Waals surface area contributed by atoms with Crippen LogP contribution in [-0.2, 0) is 16.4 Å². The lowest BCUT2D eigenvalue weighted by Gasteiger charge is -2.22. The van der Waals surface area contributed by atoms with Gasteiger partial charge in [-0.05, 0) is 73.7 Å². The molecule has 9 heteroatoms. The molecule has 2 N–H and O–H groups in total. The molecule has 1 fully saturated rings. The largest absolute Gasteiger partial charge is 0.351 e. The number of pyridine rings is 1. The summed E-state index contributed by atoms with van der Waals surface area (Å²) in [6.07, 6.45) is 8.85. The summed E-state index contributed by atoms with van der Waals surface area (Å²) in [5.41, 5.74) is 4.70. The van der Waals surface area contributed by atoms with Crippen molar-refractivity contribution in [3.05, 3.63) is 71.0 Å². The molecule has 192 valence electrons. The van der Waals surface area contributed by atoms with Crippen LogP contribution in [0, 0.1) is 6.92 Å². The van der Waals surface area contributed by atoms with E-state index in [1.54, 1.807) is 24.3 Å². The van der Waals surface area contributed by atoms with E-state index in [9.17, 15) is 8.42 Å². The van der Waals surface area contributed by atoms with Crippen LogP contribution >= 0.6 is 11.6 Å². The summed E-state index contributed by atoms with van der Waals surface area (Å²) >= 11 is 6.09. The van der Waals surface area contributed by atoms with Crippen molar-refractivity contribution >= 4 is 44.3 Å². The van der Waals surface area contributed by atoms with E-state index in [2.05, 4.69) is 39.1 Å². The highest BCUT2D eigenvalue weighted by molar-refractivity contribution is 7.92. The molecule has 2 aromatic carbocycles. The molecular formula is C28H30ClN5O2S. The maximum absolute atomic E-state index is 12.8. The fraction of sp³-hybridized carbons (Fsp3) is 0.321. The van der Waals surface area contributed by atoms with E-state index < -0.39 is 10.0 Å². The summed E-state index contributed by atoms with van der Waals surface area (Å²) in [6.45, 7) is 3.98. The van der Waals surface area contributed by atoms with Gasteiger partial charge in [-0.2, -0.15) is 0 Å². The number of hydrogen-bond acceptors (Lipinski definition) is 6. The van der Waals surface area contributed by atoms with Crippen molar-refractivity contribution in [1.29, 1.82) is 0 Å². The molecule has 2 heterocycles. The summed E-state index contributed by atoms with van der Waals surface area (Å²) in [5, 5.41) is 4.65. The second-order valence-corrected chi connectivity index (χ2v) is 11.5. The van der Waals surface area contributed by atoms with E-state index in [1.165, 1.54) is 25.3 Å². The molecule has 0 saturated heterocycles. The zero-order valence-corrected chi connectivity index (χ0v) is 22.5. The Morgan fingerprint density at radius 2 is 1.81 bits per heavy atom. The average molecular weight is 536 g/mol. The third kappa shape index (κ3) is 5.55. The van der Waals surface area contributed by atoms with E-state index in [-0.39, 0.29) is 15.7 Å². The predicted molar refractivity (Wildman–Crippen MR) is 150 cm³/mol. The van der Waals surface area contributed by atoms with Gasteiger partial charge in [0.1, 0.15) is 10.7 Å². The Labute approximate surface area is 222 Å². The molecule has 1 aliphatic rings. The second kappa shape index (κ2) is 10.6. The summed E-state index contributed by atoms with van der Waals surface area (Å²) in [7, 11) is -3.86. The molecule has 0 spiro atoms. The molecule has 0 radical (unpaired) electrons. The predicted octanol–water partition coefficient (Wildman–Crippen LogP) is 6.76. The van der Waals surface area contributed by atoms with Crippen molar-refractivity contribution in [2.45, 2.75) is 63.3 Å². The maximum atomic E-state index is 12.8. The van der Waals surface area contributed by atoms with Crippen LogP contribution in [-0.4, -0.2) is 29.4 Å². The first kappa shape index (κ1) is 25.4. The zero-order chi connectivity index (χ0) is 26.0. The molecule has 7 nitrogen and oxygen atoms in total. The van der Waals surface area contributed by atoms with Gasteiger partial charge < -0.3 is 5.32 Å². The standard InChI is InChI=1S/C28H30ClN5O2S/c1-3-19-15-20(16-21-17-30-28(33-27(19)21)32-22-9-5-4-6-10-22)23-13-14-26(31-18(23)2)34-37(35,36)25-12-8-7-11-24(25)29/h7-8,11-17,22H,3-6,9-10H2,1-2H3,(H,31,34)(H,30,32,33). The number of nitrogens with zero attached hydrogens (tertiary/aromatic N) is 3. The topological polar surface area (TPSA) is 96.9 Å². The summed E-state index contributed by atoms with van der Waals surface area (Å²) in [4.78, 5) is 14.0. The van der Waals surface area contributed by atoms with Gasteiger partial charge in [-0.3, -0.25) is 4.72 Å². The fourth-order valence-electron chi connectivity index (χ4n) is 4.92. The first-order chi connectivity index (χ1) is 17.8. The summed E-state index contributed by atoms with van der Waals surface area (Å²) < 4.78 is 28.2. The first-order valence-electron chi connectivity index (χ1n) is 12.7. The maximum Gasteiger partial charge on any atom is 0.264 e. The van der Waals surface area contributed by atoms with E-state index in [0.717, 1.165) is 46.9 Å². The average Bonchev–Trinajstić information content (AvgIpc) is 2.89. The molecule has 1 aliphatic carbocycles. The number of sulfonamides is 1. The van der Waals surface area contributed by atoms with Crippen molar-refractivity contribution in [3.63, 3.8) is 0 Å². The van der Waals surface area contributed by atoms with Gasteiger partial charge in [-0.1, -0.05) is 49.9 Å². The van der Waals surface area contributed by atoms with Gasteiger partial charge in [0.2, 0.25) is 5.95 Å². The Kier molecular flexibility index (Phi) is 7.31. The third-order valence-electron chi connectivity index (χ3n) is 6.84. The molecule has 0 unspecified atom stereocenters. The number of halogens is 1. The lowest BCUT2D eigenvalue weighted by atomic mass is 9.96. The van der Waals surface area contributed by atoms with Gasteiger partial charge >= 0.3 is 0 Å². The van der Waals surface area contributed by atoms with Gasteiger partial charge in [0, 0.05) is 28.9 Å². The van der Waals surface area contributed by atoms with Gasteiger partial charge in [0.15, 0.2) is 0 Å². The second-order valence-electron chi connectivity index (χ2n) is 9.47. The Hall–Kier alpha value is -3.23. The van der Waals surface area contributed by atoms with E-state index in [1.807, 2.05) is 19.2 Å². The number of nitrogens with one attached hydrogen (secondary N) is 2. The molecule has 2 aromatic heterocycles. The third-order valence-corrected chi connectivity index (χ3v) is 8.70. The minimum atomic E-state index is -3.86. The van der Waals surface area contributed by atoms with E-state index >= 15 is 0 Å². The normalized spacial score (nSPS) is 14.6. The molecule has 0 atom stereocenters. The van der Waals surface area contributed by atoms with Crippen molar-refractivity contribution in [1.82, 2.24) is 15.0 Å². The molecule has 5 rings (SSSR count). The smallest absolute Gasteiger partial charge is 0.264 e. The highest BCUT2D eigenvalue weighted by atomic mass is 35.5. The number of anilines is 2. The molecule has 0 bridgehead atoms. The van der Waals surface area contributed by atoms with Crippen LogP contribution < -0.4 is 10.0 Å². The van der Waals surface area contributed by atoms with Crippen LogP contribution in [0.2, 0.25) is 5.02 Å².